The predicted molar refractivity (Wildman–Crippen MR) is 72.1 cm³/mol. The summed E-state index contributed by atoms with van der Waals surface area (Å²) in [6.07, 6.45) is 1.62. The Morgan fingerprint density at radius 1 is 1.33 bits per heavy atom. The van der Waals surface area contributed by atoms with Crippen molar-refractivity contribution in [1.82, 2.24) is 9.88 Å². The number of nitrogens with zero attached hydrogens (tertiary/aromatic N) is 3. The first-order valence-electron chi connectivity index (χ1n) is 6.22. The smallest absolute Gasteiger partial charge is 0.130 e. The number of halogens is 1. The Bertz CT molecular complexity index is 430. The quantitative estimate of drug-likeness (QED) is 0.861. The predicted octanol–water partition coefficient (Wildman–Crippen LogP) is 0.838. The lowest BCUT2D eigenvalue weighted by atomic mass is 10.1. The largest absolute Gasteiger partial charge is 0.397 e. The third kappa shape index (κ3) is 2.25. The monoisotopic (exact) mass is 268 g/mol. The highest BCUT2D eigenvalue weighted by atomic mass is 35.5. The normalized spacial score (nSPS) is 21.9. The Morgan fingerprint density at radius 3 is 2.72 bits per heavy atom. The van der Waals surface area contributed by atoms with Gasteiger partial charge in [0.1, 0.15) is 5.82 Å². The SMILES string of the molecule is Nc1cc(N2CC(N3CCOCC3)C2)ncc1Cl. The van der Waals surface area contributed by atoms with Gasteiger partial charge in [-0.15, -0.1) is 0 Å². The summed E-state index contributed by atoms with van der Waals surface area (Å²) in [5, 5.41) is 0.518. The topological polar surface area (TPSA) is 54.6 Å². The lowest BCUT2D eigenvalue weighted by Gasteiger charge is -2.47. The van der Waals surface area contributed by atoms with Crippen molar-refractivity contribution in [1.29, 1.82) is 0 Å². The summed E-state index contributed by atoms with van der Waals surface area (Å²) in [4.78, 5) is 9.03. The summed E-state index contributed by atoms with van der Waals surface area (Å²) in [6.45, 7) is 5.79. The Labute approximate surface area is 111 Å². The maximum Gasteiger partial charge on any atom is 0.130 e. The molecule has 0 unspecified atom stereocenters. The van der Waals surface area contributed by atoms with Crippen molar-refractivity contribution in [3.8, 4) is 0 Å². The Hall–Kier alpha value is -1.04. The molecule has 0 bridgehead atoms. The molecule has 1 aromatic rings. The highest BCUT2D eigenvalue weighted by Gasteiger charge is 2.33. The van der Waals surface area contributed by atoms with E-state index in [-0.39, 0.29) is 0 Å². The van der Waals surface area contributed by atoms with Crippen molar-refractivity contribution in [3.05, 3.63) is 17.3 Å². The second kappa shape index (κ2) is 4.91. The molecule has 2 fully saturated rings. The molecule has 3 heterocycles. The summed E-state index contributed by atoms with van der Waals surface area (Å²) in [7, 11) is 0. The van der Waals surface area contributed by atoms with Crippen molar-refractivity contribution < 1.29 is 4.74 Å². The minimum absolute atomic E-state index is 0.518. The van der Waals surface area contributed by atoms with Crippen molar-refractivity contribution in [2.75, 3.05) is 50.0 Å². The number of hydrogen-bond acceptors (Lipinski definition) is 5. The van der Waals surface area contributed by atoms with Gasteiger partial charge < -0.3 is 15.4 Å². The number of pyridine rings is 1. The molecule has 18 heavy (non-hydrogen) atoms. The maximum absolute atomic E-state index is 5.87. The highest BCUT2D eigenvalue weighted by molar-refractivity contribution is 6.32. The van der Waals surface area contributed by atoms with E-state index in [9.17, 15) is 0 Å². The lowest BCUT2D eigenvalue weighted by molar-refractivity contribution is 0.0104. The zero-order valence-corrected chi connectivity index (χ0v) is 10.9. The van der Waals surface area contributed by atoms with Crippen molar-refractivity contribution in [3.63, 3.8) is 0 Å². The third-order valence-corrected chi connectivity index (χ3v) is 3.93. The summed E-state index contributed by atoms with van der Waals surface area (Å²) in [5.41, 5.74) is 6.38. The van der Waals surface area contributed by atoms with Gasteiger partial charge in [0.25, 0.3) is 0 Å². The molecule has 6 heteroatoms. The van der Waals surface area contributed by atoms with Crippen LogP contribution in [0.2, 0.25) is 5.02 Å². The number of hydrogen-bond donors (Lipinski definition) is 1. The van der Waals surface area contributed by atoms with E-state index in [1.165, 1.54) is 0 Å². The minimum atomic E-state index is 0.518. The molecule has 98 valence electrons. The van der Waals surface area contributed by atoms with Crippen LogP contribution in [0.1, 0.15) is 0 Å². The Kier molecular flexibility index (Phi) is 3.28. The van der Waals surface area contributed by atoms with Gasteiger partial charge in [-0.05, 0) is 0 Å². The summed E-state index contributed by atoms with van der Waals surface area (Å²) in [6, 6.07) is 2.46. The van der Waals surface area contributed by atoms with E-state index in [2.05, 4.69) is 14.8 Å². The standard InChI is InChI=1S/C12H17ClN4O/c13-10-6-15-12(5-11(10)14)17-7-9(8-17)16-1-3-18-4-2-16/h5-6,9H,1-4,7-8H2,(H2,14,15). The fourth-order valence-corrected chi connectivity index (χ4v) is 2.53. The number of nitrogens with two attached hydrogens (primary N) is 1. The van der Waals surface area contributed by atoms with Crippen LogP contribution in [0.4, 0.5) is 11.5 Å². The van der Waals surface area contributed by atoms with E-state index >= 15 is 0 Å². The average Bonchev–Trinajstić information content (AvgIpc) is 2.33. The molecule has 3 rings (SSSR count). The molecular weight excluding hydrogens is 252 g/mol. The molecule has 0 amide bonds. The first-order chi connectivity index (χ1) is 8.74. The van der Waals surface area contributed by atoms with Crippen LogP contribution < -0.4 is 10.6 Å². The van der Waals surface area contributed by atoms with Crippen LogP contribution in [0.15, 0.2) is 12.3 Å². The van der Waals surface area contributed by atoms with Crippen LogP contribution in [0.25, 0.3) is 0 Å². The molecule has 0 aliphatic carbocycles. The number of anilines is 2. The first-order valence-corrected chi connectivity index (χ1v) is 6.59. The van der Waals surface area contributed by atoms with Gasteiger partial charge in [-0.25, -0.2) is 4.98 Å². The van der Waals surface area contributed by atoms with Crippen molar-refractivity contribution >= 4 is 23.1 Å². The second-order valence-corrected chi connectivity index (χ2v) is 5.18. The van der Waals surface area contributed by atoms with Crippen LogP contribution in [0.3, 0.4) is 0 Å². The first kappa shape index (κ1) is 12.0. The van der Waals surface area contributed by atoms with Crippen LogP contribution in [-0.2, 0) is 4.74 Å². The average molecular weight is 269 g/mol. The van der Waals surface area contributed by atoms with E-state index in [0.717, 1.165) is 45.2 Å². The van der Waals surface area contributed by atoms with Gasteiger partial charge in [0.05, 0.1) is 23.9 Å². The van der Waals surface area contributed by atoms with Crippen molar-refractivity contribution in [2.45, 2.75) is 6.04 Å². The molecule has 2 N–H and O–H groups in total. The van der Waals surface area contributed by atoms with Gasteiger partial charge >= 0.3 is 0 Å². The zero-order chi connectivity index (χ0) is 12.5. The molecular formula is C12H17ClN4O. The molecule has 0 saturated carbocycles. The molecule has 5 nitrogen and oxygen atoms in total. The number of ether oxygens (including phenoxy) is 1. The number of aromatic nitrogens is 1. The summed E-state index contributed by atoms with van der Waals surface area (Å²) in [5.74, 6) is 0.918. The van der Waals surface area contributed by atoms with Crippen LogP contribution in [-0.4, -0.2) is 55.3 Å². The lowest BCUT2D eigenvalue weighted by Crippen LogP contribution is -2.61. The van der Waals surface area contributed by atoms with Gasteiger partial charge in [-0.2, -0.15) is 0 Å². The van der Waals surface area contributed by atoms with Gasteiger partial charge in [0.15, 0.2) is 0 Å². The van der Waals surface area contributed by atoms with Crippen LogP contribution in [0.5, 0.6) is 0 Å². The van der Waals surface area contributed by atoms with Crippen LogP contribution in [0, 0.1) is 0 Å². The molecule has 1 aromatic heterocycles. The van der Waals surface area contributed by atoms with E-state index in [4.69, 9.17) is 22.1 Å². The van der Waals surface area contributed by atoms with Crippen LogP contribution >= 0.6 is 11.6 Å². The van der Waals surface area contributed by atoms with Gasteiger partial charge in [-0.3, -0.25) is 4.90 Å². The van der Waals surface area contributed by atoms with E-state index < -0.39 is 0 Å². The van der Waals surface area contributed by atoms with Gasteiger partial charge in [0.2, 0.25) is 0 Å². The molecule has 2 aliphatic heterocycles. The molecule has 0 aromatic carbocycles. The second-order valence-electron chi connectivity index (χ2n) is 4.77. The summed E-state index contributed by atoms with van der Waals surface area (Å²) < 4.78 is 5.36. The number of rotatable bonds is 2. The van der Waals surface area contributed by atoms with E-state index in [1.54, 1.807) is 6.20 Å². The zero-order valence-electron chi connectivity index (χ0n) is 10.2. The van der Waals surface area contributed by atoms with Gasteiger partial charge in [0, 0.05) is 44.5 Å². The number of morpholine rings is 1. The molecule has 0 radical (unpaired) electrons. The number of nitrogen functional groups attached to an aromatic ring is 1. The highest BCUT2D eigenvalue weighted by Crippen LogP contribution is 2.26. The molecule has 2 saturated heterocycles. The third-order valence-electron chi connectivity index (χ3n) is 3.62. The summed E-state index contributed by atoms with van der Waals surface area (Å²) >= 11 is 5.87. The van der Waals surface area contributed by atoms with Gasteiger partial charge in [-0.1, -0.05) is 11.6 Å². The fraction of sp³-hybridized carbons (Fsp3) is 0.583. The molecule has 0 spiro atoms. The van der Waals surface area contributed by atoms with E-state index in [1.807, 2.05) is 6.07 Å². The fourth-order valence-electron chi connectivity index (χ4n) is 2.43. The maximum atomic E-state index is 5.87. The van der Waals surface area contributed by atoms with Crippen molar-refractivity contribution in [2.24, 2.45) is 0 Å². The Morgan fingerprint density at radius 2 is 2.06 bits per heavy atom. The van der Waals surface area contributed by atoms with E-state index in [0.29, 0.717) is 16.8 Å². The molecule has 2 aliphatic rings. The molecule has 0 atom stereocenters. The Balaban J connectivity index is 1.59. The minimum Gasteiger partial charge on any atom is -0.397 e.